The van der Waals surface area contributed by atoms with E-state index in [-0.39, 0.29) is 5.83 Å². The maximum Gasteiger partial charge on any atom is 0.119 e. The molecule has 1 aliphatic rings. The molecule has 16 heavy (non-hydrogen) atoms. The number of rotatable bonds is 2. The van der Waals surface area contributed by atoms with Crippen LogP contribution < -0.4 is 0 Å². The quantitative estimate of drug-likeness (QED) is 0.682. The van der Waals surface area contributed by atoms with Crippen molar-refractivity contribution in [1.82, 2.24) is 0 Å². The van der Waals surface area contributed by atoms with E-state index in [0.717, 1.165) is 12.0 Å². The summed E-state index contributed by atoms with van der Waals surface area (Å²) in [4.78, 5) is 0. The topological polar surface area (TPSA) is 0 Å². The van der Waals surface area contributed by atoms with Gasteiger partial charge >= 0.3 is 0 Å². The first-order chi connectivity index (χ1) is 7.79. The highest BCUT2D eigenvalue weighted by atomic mass is 19.1. The van der Waals surface area contributed by atoms with Crippen LogP contribution in [0.2, 0.25) is 0 Å². The van der Waals surface area contributed by atoms with Gasteiger partial charge in [0.05, 0.1) is 0 Å². The Hall–Kier alpha value is -1.63. The summed E-state index contributed by atoms with van der Waals surface area (Å²) in [5, 5.41) is 0. The Morgan fingerprint density at radius 3 is 2.88 bits per heavy atom. The smallest absolute Gasteiger partial charge is 0.119 e. The van der Waals surface area contributed by atoms with Crippen LogP contribution in [0.5, 0.6) is 0 Å². The molecule has 2 rings (SSSR count). The van der Waals surface area contributed by atoms with Crippen LogP contribution in [0.15, 0.2) is 54.4 Å². The predicted octanol–water partition coefficient (Wildman–Crippen LogP) is 4.45. The van der Waals surface area contributed by atoms with Gasteiger partial charge in [-0.05, 0) is 41.7 Å². The summed E-state index contributed by atoms with van der Waals surface area (Å²) in [6.07, 6.45) is 8.69. The molecule has 1 aromatic carbocycles. The van der Waals surface area contributed by atoms with Crippen LogP contribution >= 0.6 is 0 Å². The van der Waals surface area contributed by atoms with Gasteiger partial charge in [0.2, 0.25) is 0 Å². The molecule has 0 bridgehead atoms. The number of allylic oxidation sites excluding steroid dienone is 6. The van der Waals surface area contributed by atoms with Gasteiger partial charge in [0, 0.05) is 0 Å². The van der Waals surface area contributed by atoms with Gasteiger partial charge in [0.1, 0.15) is 5.83 Å². The van der Waals surface area contributed by atoms with Crippen molar-refractivity contribution in [3.63, 3.8) is 0 Å². The van der Waals surface area contributed by atoms with E-state index in [9.17, 15) is 4.39 Å². The lowest BCUT2D eigenvalue weighted by Crippen LogP contribution is -1.85. The van der Waals surface area contributed by atoms with Gasteiger partial charge < -0.3 is 0 Å². The minimum atomic E-state index is -0.155. The standard InChI is InChI=1S/C15H15F/c1-2-12-5-3-7-14(11-12)13-6-4-8-15(16)10-9-13/h3,5-11H,2,4H2,1H3. The van der Waals surface area contributed by atoms with E-state index < -0.39 is 0 Å². The third kappa shape index (κ3) is 2.48. The molecule has 0 nitrogen and oxygen atoms in total. The molecule has 0 N–H and O–H groups in total. The summed E-state index contributed by atoms with van der Waals surface area (Å²) >= 11 is 0. The van der Waals surface area contributed by atoms with Crippen molar-refractivity contribution in [2.75, 3.05) is 0 Å². The zero-order valence-corrected chi connectivity index (χ0v) is 9.41. The monoisotopic (exact) mass is 214 g/mol. The average molecular weight is 214 g/mol. The molecule has 0 unspecified atom stereocenters. The Morgan fingerprint density at radius 2 is 2.06 bits per heavy atom. The Morgan fingerprint density at radius 1 is 1.19 bits per heavy atom. The Balaban J connectivity index is 2.31. The molecule has 0 spiro atoms. The molecule has 0 amide bonds. The molecule has 0 aromatic heterocycles. The second kappa shape index (κ2) is 4.93. The lowest BCUT2D eigenvalue weighted by Gasteiger charge is -2.04. The van der Waals surface area contributed by atoms with Crippen molar-refractivity contribution in [2.45, 2.75) is 19.8 Å². The Kier molecular flexibility index (Phi) is 3.35. The second-order valence-electron chi connectivity index (χ2n) is 3.87. The normalized spacial score (nSPS) is 15.4. The molecule has 0 saturated heterocycles. The highest BCUT2D eigenvalue weighted by molar-refractivity contribution is 5.75. The Labute approximate surface area is 95.8 Å². The maximum absolute atomic E-state index is 13.0. The van der Waals surface area contributed by atoms with Gasteiger partial charge in [-0.15, -0.1) is 0 Å². The van der Waals surface area contributed by atoms with Crippen molar-refractivity contribution in [3.8, 4) is 0 Å². The molecule has 1 aromatic rings. The van der Waals surface area contributed by atoms with E-state index in [1.807, 2.05) is 6.08 Å². The number of hydrogen-bond donors (Lipinski definition) is 0. The molecular formula is C15H15F. The average Bonchev–Trinajstić information content (AvgIpc) is 2.54. The van der Waals surface area contributed by atoms with E-state index in [1.54, 1.807) is 6.08 Å². The molecule has 0 heterocycles. The third-order valence-corrected chi connectivity index (χ3v) is 2.74. The van der Waals surface area contributed by atoms with Gasteiger partial charge in [-0.1, -0.05) is 43.3 Å². The first-order valence-electron chi connectivity index (χ1n) is 5.63. The van der Waals surface area contributed by atoms with Gasteiger partial charge in [-0.25, -0.2) is 4.39 Å². The molecular weight excluding hydrogens is 199 g/mol. The van der Waals surface area contributed by atoms with Crippen molar-refractivity contribution >= 4 is 5.57 Å². The van der Waals surface area contributed by atoms with E-state index in [4.69, 9.17) is 0 Å². The predicted molar refractivity (Wildman–Crippen MR) is 66.7 cm³/mol. The fourth-order valence-corrected chi connectivity index (χ4v) is 1.79. The van der Waals surface area contributed by atoms with E-state index in [1.165, 1.54) is 17.2 Å². The lowest BCUT2D eigenvalue weighted by molar-refractivity contribution is 0.663. The van der Waals surface area contributed by atoms with E-state index in [2.05, 4.69) is 37.3 Å². The van der Waals surface area contributed by atoms with Crippen LogP contribution in [0.3, 0.4) is 0 Å². The summed E-state index contributed by atoms with van der Waals surface area (Å²) in [6.45, 7) is 2.14. The maximum atomic E-state index is 13.0. The zero-order chi connectivity index (χ0) is 11.4. The van der Waals surface area contributed by atoms with E-state index >= 15 is 0 Å². The van der Waals surface area contributed by atoms with Crippen LogP contribution in [0.25, 0.3) is 5.57 Å². The third-order valence-electron chi connectivity index (χ3n) is 2.74. The van der Waals surface area contributed by atoms with Gasteiger partial charge in [0.15, 0.2) is 0 Å². The van der Waals surface area contributed by atoms with E-state index in [0.29, 0.717) is 6.42 Å². The molecule has 0 fully saturated rings. The number of halogens is 1. The zero-order valence-electron chi connectivity index (χ0n) is 9.41. The van der Waals surface area contributed by atoms with Crippen molar-refractivity contribution < 1.29 is 4.39 Å². The minimum absolute atomic E-state index is 0.155. The minimum Gasteiger partial charge on any atom is -0.207 e. The first-order valence-corrected chi connectivity index (χ1v) is 5.63. The van der Waals surface area contributed by atoms with Gasteiger partial charge in [-0.3, -0.25) is 0 Å². The number of hydrogen-bond acceptors (Lipinski definition) is 0. The van der Waals surface area contributed by atoms with Crippen molar-refractivity contribution in [1.29, 1.82) is 0 Å². The van der Waals surface area contributed by atoms with Crippen LogP contribution in [0.1, 0.15) is 24.5 Å². The fraction of sp³-hybridized carbons (Fsp3) is 0.200. The van der Waals surface area contributed by atoms with Gasteiger partial charge in [0.25, 0.3) is 0 Å². The van der Waals surface area contributed by atoms with Crippen LogP contribution in [0.4, 0.5) is 4.39 Å². The van der Waals surface area contributed by atoms with Gasteiger partial charge in [-0.2, -0.15) is 0 Å². The second-order valence-corrected chi connectivity index (χ2v) is 3.87. The van der Waals surface area contributed by atoms with Crippen LogP contribution in [0, 0.1) is 0 Å². The highest BCUT2D eigenvalue weighted by Gasteiger charge is 2.01. The summed E-state index contributed by atoms with van der Waals surface area (Å²) in [5.74, 6) is -0.155. The number of aryl methyl sites for hydroxylation is 1. The molecule has 0 saturated carbocycles. The molecule has 82 valence electrons. The first kappa shape index (κ1) is 10.9. The fourth-order valence-electron chi connectivity index (χ4n) is 1.79. The largest absolute Gasteiger partial charge is 0.207 e. The van der Waals surface area contributed by atoms with Crippen LogP contribution in [-0.4, -0.2) is 0 Å². The summed E-state index contributed by atoms with van der Waals surface area (Å²) < 4.78 is 13.0. The SMILES string of the molecule is CCc1cccc(C2=CCC=C(F)C=C2)c1. The van der Waals surface area contributed by atoms with Crippen LogP contribution in [-0.2, 0) is 6.42 Å². The molecule has 1 aliphatic carbocycles. The summed E-state index contributed by atoms with van der Waals surface area (Å²) in [7, 11) is 0. The Bertz CT molecular complexity index is 464. The molecule has 0 radical (unpaired) electrons. The summed E-state index contributed by atoms with van der Waals surface area (Å²) in [5.41, 5.74) is 3.57. The number of benzene rings is 1. The van der Waals surface area contributed by atoms with Crippen molar-refractivity contribution in [2.24, 2.45) is 0 Å². The van der Waals surface area contributed by atoms with Crippen molar-refractivity contribution in [3.05, 3.63) is 65.5 Å². The summed E-state index contributed by atoms with van der Waals surface area (Å²) in [6, 6.07) is 8.40. The lowest BCUT2D eigenvalue weighted by atomic mass is 10.0. The molecule has 0 atom stereocenters. The highest BCUT2D eigenvalue weighted by Crippen LogP contribution is 2.22. The molecule has 0 aliphatic heterocycles. The molecule has 1 heteroatoms.